The molecule has 0 atom stereocenters. The first kappa shape index (κ1) is 17.2. The Labute approximate surface area is 158 Å². The largest absolute Gasteiger partial charge is 0.340 e. The van der Waals surface area contributed by atoms with Gasteiger partial charge in [0.2, 0.25) is 0 Å². The number of carbonyl (C=O) groups excluding carboxylic acids is 1. The van der Waals surface area contributed by atoms with Crippen molar-refractivity contribution in [3.05, 3.63) is 52.5 Å². The summed E-state index contributed by atoms with van der Waals surface area (Å²) in [6, 6.07) is 11.7. The third-order valence-electron chi connectivity index (χ3n) is 3.45. The van der Waals surface area contributed by atoms with E-state index in [0.29, 0.717) is 21.4 Å². The summed E-state index contributed by atoms with van der Waals surface area (Å²) in [5.41, 5.74) is 1.02. The molecule has 1 aliphatic heterocycles. The number of carbonyl (C=O) groups is 1. The van der Waals surface area contributed by atoms with Gasteiger partial charge in [-0.2, -0.15) is 0 Å². The predicted octanol–water partition coefficient (Wildman–Crippen LogP) is 5.47. The average Bonchev–Trinajstić information content (AvgIpc) is 2.76. The number of thiocarbonyl (C=S) groups is 1. The lowest BCUT2D eigenvalue weighted by molar-refractivity contribution is 0.257. The lowest BCUT2D eigenvalue weighted by atomic mass is 10.3. The lowest BCUT2D eigenvalue weighted by Gasteiger charge is -2.17. The van der Waals surface area contributed by atoms with Crippen LogP contribution < -0.4 is 9.80 Å². The van der Waals surface area contributed by atoms with Crippen LogP contribution in [-0.4, -0.2) is 23.1 Å². The third-order valence-corrected chi connectivity index (χ3v) is 5.00. The van der Waals surface area contributed by atoms with E-state index in [2.05, 4.69) is 0 Å². The predicted molar refractivity (Wildman–Crippen MR) is 105 cm³/mol. The van der Waals surface area contributed by atoms with Crippen molar-refractivity contribution < 1.29 is 4.79 Å². The molecule has 1 aliphatic rings. The van der Waals surface area contributed by atoms with Gasteiger partial charge in [-0.05, 0) is 48.7 Å². The molecule has 2 aromatic rings. The molecule has 4 nitrogen and oxygen atoms in total. The van der Waals surface area contributed by atoms with E-state index in [9.17, 15) is 4.79 Å². The molecule has 2 aromatic carbocycles. The van der Waals surface area contributed by atoms with Gasteiger partial charge in [0.25, 0.3) is 0 Å². The van der Waals surface area contributed by atoms with Crippen LogP contribution in [0.1, 0.15) is 0 Å². The van der Waals surface area contributed by atoms with Crippen LogP contribution in [0.25, 0.3) is 0 Å². The normalized spacial score (nSPS) is 14.7. The summed E-state index contributed by atoms with van der Waals surface area (Å²) in [7, 11) is 0. The monoisotopic (exact) mass is 395 g/mol. The highest BCUT2D eigenvalue weighted by molar-refractivity contribution is 7.98. The summed E-state index contributed by atoms with van der Waals surface area (Å²) in [5.74, 6) is -0.0528. The summed E-state index contributed by atoms with van der Waals surface area (Å²) in [4.78, 5) is 16.5. The molecule has 0 unspecified atom stereocenters. The molecule has 1 fully saturated rings. The zero-order chi connectivity index (χ0) is 17.4. The van der Waals surface area contributed by atoms with Crippen LogP contribution in [0, 0.1) is 5.41 Å². The van der Waals surface area contributed by atoms with Crippen LogP contribution in [0.3, 0.4) is 0 Å². The minimum absolute atomic E-state index is 0.0528. The van der Waals surface area contributed by atoms with Crippen molar-refractivity contribution in [1.82, 2.24) is 0 Å². The van der Waals surface area contributed by atoms with Crippen molar-refractivity contribution in [2.45, 2.75) is 4.90 Å². The molecule has 0 aromatic heterocycles. The van der Waals surface area contributed by atoms with E-state index >= 15 is 0 Å². The molecule has 1 N–H and O–H groups in total. The molecule has 122 valence electrons. The first-order valence-electron chi connectivity index (χ1n) is 6.79. The highest BCUT2D eigenvalue weighted by atomic mass is 35.5. The van der Waals surface area contributed by atoms with Crippen molar-refractivity contribution in [2.24, 2.45) is 0 Å². The number of urea groups is 1. The molecular weight excluding hydrogens is 385 g/mol. The number of thioether (sulfide) groups is 1. The Bertz CT molecular complexity index is 835. The van der Waals surface area contributed by atoms with Gasteiger partial charge in [0.05, 0.1) is 11.4 Å². The first-order chi connectivity index (χ1) is 11.4. The summed E-state index contributed by atoms with van der Waals surface area (Å²) in [6.45, 7) is 0. The van der Waals surface area contributed by atoms with Gasteiger partial charge >= 0.3 is 6.03 Å². The van der Waals surface area contributed by atoms with Gasteiger partial charge in [0, 0.05) is 14.9 Å². The second-order valence-electron chi connectivity index (χ2n) is 4.93. The smallest absolute Gasteiger partial charge is 0.281 e. The number of amidine groups is 1. The minimum Gasteiger partial charge on any atom is -0.281 e. The van der Waals surface area contributed by atoms with Gasteiger partial charge < -0.3 is 0 Å². The molecule has 0 bridgehead atoms. The molecule has 1 saturated heterocycles. The minimum atomic E-state index is -0.430. The van der Waals surface area contributed by atoms with Gasteiger partial charge in [0.15, 0.2) is 10.8 Å². The average molecular weight is 396 g/mol. The van der Waals surface area contributed by atoms with Gasteiger partial charge in [-0.25, -0.2) is 14.6 Å². The standard InChI is InChI=1S/C16H11Cl2N3OS2/c1-24-13-4-2-11(3-5-13)20-14(19)15(23)21(16(20)22)12-7-9(17)6-10(18)8-12/h2-8,19H,1H3. The molecule has 2 amide bonds. The van der Waals surface area contributed by atoms with Crippen LogP contribution in [0.4, 0.5) is 16.2 Å². The Kier molecular flexibility index (Phi) is 4.83. The maximum Gasteiger partial charge on any atom is 0.340 e. The van der Waals surface area contributed by atoms with Crippen LogP contribution in [-0.2, 0) is 0 Å². The molecule has 24 heavy (non-hydrogen) atoms. The van der Waals surface area contributed by atoms with Crippen LogP contribution in [0.15, 0.2) is 47.4 Å². The molecule has 3 rings (SSSR count). The van der Waals surface area contributed by atoms with Crippen LogP contribution in [0.2, 0.25) is 10.0 Å². The highest BCUT2D eigenvalue weighted by Gasteiger charge is 2.40. The quantitative estimate of drug-likeness (QED) is 0.553. The second kappa shape index (κ2) is 6.72. The topological polar surface area (TPSA) is 47.4 Å². The number of hydrogen-bond acceptors (Lipinski definition) is 4. The van der Waals surface area contributed by atoms with Crippen molar-refractivity contribution in [2.75, 3.05) is 16.1 Å². The summed E-state index contributed by atoms with van der Waals surface area (Å²) in [6.07, 6.45) is 1.97. The highest BCUT2D eigenvalue weighted by Crippen LogP contribution is 2.32. The van der Waals surface area contributed by atoms with E-state index in [1.807, 2.05) is 18.4 Å². The number of anilines is 2. The maximum absolute atomic E-state index is 12.8. The molecule has 0 radical (unpaired) electrons. The number of halogens is 2. The van der Waals surface area contributed by atoms with Crippen molar-refractivity contribution in [3.8, 4) is 0 Å². The van der Waals surface area contributed by atoms with E-state index in [-0.39, 0.29) is 10.8 Å². The van der Waals surface area contributed by atoms with Crippen molar-refractivity contribution in [3.63, 3.8) is 0 Å². The first-order valence-corrected chi connectivity index (χ1v) is 9.18. The fourth-order valence-electron chi connectivity index (χ4n) is 2.35. The Morgan fingerprint density at radius 3 is 2.12 bits per heavy atom. The second-order valence-corrected chi connectivity index (χ2v) is 7.07. The lowest BCUT2D eigenvalue weighted by Crippen LogP contribution is -2.33. The molecular formula is C16H11Cl2N3OS2. The fraction of sp³-hybridized carbons (Fsp3) is 0.0625. The van der Waals surface area contributed by atoms with Gasteiger partial charge in [-0.1, -0.05) is 35.4 Å². The Balaban J connectivity index is 2.01. The summed E-state index contributed by atoms with van der Waals surface area (Å²) in [5, 5.41) is 9.00. The molecule has 1 heterocycles. The van der Waals surface area contributed by atoms with E-state index in [4.69, 9.17) is 40.8 Å². The fourth-order valence-corrected chi connectivity index (χ4v) is 3.55. The Morgan fingerprint density at radius 1 is 1.00 bits per heavy atom. The third kappa shape index (κ3) is 3.02. The Hall–Kier alpha value is -1.60. The van der Waals surface area contributed by atoms with Gasteiger partial charge in [-0.15, -0.1) is 11.8 Å². The number of nitrogens with zero attached hydrogens (tertiary/aromatic N) is 2. The van der Waals surface area contributed by atoms with Gasteiger partial charge in [-0.3, -0.25) is 5.41 Å². The van der Waals surface area contributed by atoms with Crippen LogP contribution in [0.5, 0.6) is 0 Å². The summed E-state index contributed by atoms with van der Waals surface area (Å²) >= 11 is 18.9. The van der Waals surface area contributed by atoms with E-state index in [1.54, 1.807) is 42.1 Å². The Morgan fingerprint density at radius 2 is 1.58 bits per heavy atom. The SMILES string of the molecule is CSc1ccc(N2C(=N)C(=S)N(c3cc(Cl)cc(Cl)c3)C2=O)cc1. The van der Waals surface area contributed by atoms with E-state index in [1.165, 1.54) is 9.80 Å². The van der Waals surface area contributed by atoms with Crippen molar-refractivity contribution in [1.29, 1.82) is 5.41 Å². The molecule has 0 spiro atoms. The van der Waals surface area contributed by atoms with Crippen LogP contribution >= 0.6 is 47.2 Å². The maximum atomic E-state index is 12.8. The molecule has 8 heteroatoms. The number of hydrogen-bond donors (Lipinski definition) is 1. The zero-order valence-electron chi connectivity index (χ0n) is 12.4. The van der Waals surface area contributed by atoms with Gasteiger partial charge in [0.1, 0.15) is 0 Å². The van der Waals surface area contributed by atoms with Crippen molar-refractivity contribution >= 4 is 75.4 Å². The number of nitrogens with one attached hydrogen (secondary N) is 1. The zero-order valence-corrected chi connectivity index (χ0v) is 15.6. The number of amides is 2. The summed E-state index contributed by atoms with van der Waals surface area (Å²) < 4.78 is 0. The van der Waals surface area contributed by atoms with E-state index < -0.39 is 6.03 Å². The number of benzene rings is 2. The molecule has 0 aliphatic carbocycles. The number of rotatable bonds is 3. The van der Waals surface area contributed by atoms with E-state index in [0.717, 1.165) is 4.90 Å². The molecule has 0 saturated carbocycles.